The Morgan fingerprint density at radius 2 is 1.69 bits per heavy atom. The van der Waals surface area contributed by atoms with E-state index >= 15 is 0 Å². The third kappa shape index (κ3) is 1.83. The third-order valence-corrected chi connectivity index (χ3v) is 2.71. The molecule has 2 nitrogen and oxygen atoms in total. The van der Waals surface area contributed by atoms with Gasteiger partial charge in [0.05, 0.1) is 20.2 Å². The van der Waals surface area contributed by atoms with Crippen molar-refractivity contribution >= 4 is 5.69 Å². The normalized spacial score (nSPS) is 17.6. The minimum absolute atomic E-state index is 0.947. The van der Waals surface area contributed by atoms with Gasteiger partial charge in [-0.2, -0.15) is 0 Å². The molecule has 0 amide bonds. The van der Waals surface area contributed by atoms with Crippen LogP contribution in [0, 0.1) is 0 Å². The van der Waals surface area contributed by atoms with Gasteiger partial charge in [-0.05, 0) is 12.1 Å². The molecule has 13 heavy (non-hydrogen) atoms. The summed E-state index contributed by atoms with van der Waals surface area (Å²) in [5.74, 6) is 0.947. The van der Waals surface area contributed by atoms with Gasteiger partial charge in [-0.1, -0.05) is 0 Å². The number of ether oxygens (including phenoxy) is 1. The summed E-state index contributed by atoms with van der Waals surface area (Å²) in [6, 6.07) is 8.42. The summed E-state index contributed by atoms with van der Waals surface area (Å²) in [4.78, 5) is 1.61. The Morgan fingerprint density at radius 1 is 1.08 bits per heavy atom. The molecule has 0 atom stereocenters. The number of quaternary nitrogens is 1. The lowest BCUT2D eigenvalue weighted by molar-refractivity contribution is -0.818. The van der Waals surface area contributed by atoms with E-state index in [-0.39, 0.29) is 0 Å². The standard InChI is InChI=1S/C11H15NO/c1-13-11-6-4-10(5-7-11)12-8-2-3-9-12/h4-7H,2-3,8-9H2,1H3/p+1. The molecule has 1 aliphatic heterocycles. The highest BCUT2D eigenvalue weighted by Crippen LogP contribution is 2.12. The predicted octanol–water partition coefficient (Wildman–Crippen LogP) is 1.01. The van der Waals surface area contributed by atoms with E-state index in [4.69, 9.17) is 4.74 Å². The van der Waals surface area contributed by atoms with Crippen LogP contribution in [0.25, 0.3) is 0 Å². The van der Waals surface area contributed by atoms with E-state index in [1.165, 1.54) is 31.6 Å². The summed E-state index contributed by atoms with van der Waals surface area (Å²) in [5, 5.41) is 0. The average molecular weight is 178 g/mol. The van der Waals surface area contributed by atoms with Gasteiger partial charge < -0.3 is 9.64 Å². The molecule has 0 unspecified atom stereocenters. The fourth-order valence-corrected chi connectivity index (χ4v) is 1.92. The van der Waals surface area contributed by atoms with Crippen LogP contribution in [0.5, 0.6) is 5.75 Å². The lowest BCUT2D eigenvalue weighted by Gasteiger charge is -2.11. The Balaban J connectivity index is 2.12. The molecule has 0 bridgehead atoms. The van der Waals surface area contributed by atoms with Gasteiger partial charge >= 0.3 is 0 Å². The van der Waals surface area contributed by atoms with Gasteiger partial charge in [0.1, 0.15) is 11.4 Å². The quantitative estimate of drug-likeness (QED) is 0.713. The summed E-state index contributed by atoms with van der Waals surface area (Å²) >= 11 is 0. The highest BCUT2D eigenvalue weighted by molar-refractivity contribution is 5.35. The van der Waals surface area contributed by atoms with E-state index in [0.29, 0.717) is 0 Å². The Labute approximate surface area is 79.1 Å². The summed E-state index contributed by atoms with van der Waals surface area (Å²) in [7, 11) is 1.71. The van der Waals surface area contributed by atoms with Gasteiger partial charge in [0.15, 0.2) is 0 Å². The molecule has 70 valence electrons. The number of rotatable bonds is 2. The Hall–Kier alpha value is -1.02. The first-order valence-corrected chi connectivity index (χ1v) is 4.89. The van der Waals surface area contributed by atoms with Crippen LogP contribution in [0.3, 0.4) is 0 Å². The maximum Gasteiger partial charge on any atom is 0.131 e. The van der Waals surface area contributed by atoms with Gasteiger partial charge in [0.2, 0.25) is 0 Å². The number of benzene rings is 1. The van der Waals surface area contributed by atoms with Crippen molar-refractivity contribution < 1.29 is 9.64 Å². The van der Waals surface area contributed by atoms with Crippen LogP contribution < -0.4 is 9.64 Å². The number of nitrogens with one attached hydrogen (secondary N) is 1. The second-order valence-electron chi connectivity index (χ2n) is 3.54. The zero-order valence-electron chi connectivity index (χ0n) is 8.05. The first-order valence-electron chi connectivity index (χ1n) is 4.89. The summed E-state index contributed by atoms with van der Waals surface area (Å²) < 4.78 is 5.12. The SMILES string of the molecule is COc1ccc([NH+]2CCCC2)cc1. The maximum absolute atomic E-state index is 5.12. The Bertz CT molecular complexity index is 262. The highest BCUT2D eigenvalue weighted by atomic mass is 16.5. The maximum atomic E-state index is 5.12. The molecule has 2 rings (SSSR count). The largest absolute Gasteiger partial charge is 0.497 e. The van der Waals surface area contributed by atoms with Crippen molar-refractivity contribution in [3.63, 3.8) is 0 Å². The molecule has 1 saturated heterocycles. The van der Waals surface area contributed by atoms with Crippen molar-refractivity contribution in [2.75, 3.05) is 20.2 Å². The molecule has 0 aliphatic carbocycles. The zero-order valence-corrected chi connectivity index (χ0v) is 8.05. The van der Waals surface area contributed by atoms with Gasteiger partial charge in [-0.15, -0.1) is 0 Å². The van der Waals surface area contributed by atoms with Crippen molar-refractivity contribution in [3.05, 3.63) is 24.3 Å². The second kappa shape index (κ2) is 3.79. The molecule has 1 heterocycles. The van der Waals surface area contributed by atoms with E-state index in [0.717, 1.165) is 5.75 Å². The van der Waals surface area contributed by atoms with Crippen LogP contribution in [0.2, 0.25) is 0 Å². The lowest BCUT2D eigenvalue weighted by Crippen LogP contribution is -3.04. The monoisotopic (exact) mass is 178 g/mol. The van der Waals surface area contributed by atoms with Crippen LogP contribution in [0.1, 0.15) is 12.8 Å². The van der Waals surface area contributed by atoms with Crippen LogP contribution in [-0.4, -0.2) is 20.2 Å². The van der Waals surface area contributed by atoms with E-state index in [9.17, 15) is 0 Å². The van der Waals surface area contributed by atoms with Crippen molar-refractivity contribution in [2.45, 2.75) is 12.8 Å². The molecule has 0 spiro atoms. The highest BCUT2D eigenvalue weighted by Gasteiger charge is 2.17. The summed E-state index contributed by atoms with van der Waals surface area (Å²) in [6.45, 7) is 2.57. The van der Waals surface area contributed by atoms with Crippen molar-refractivity contribution in [1.29, 1.82) is 0 Å². The smallest absolute Gasteiger partial charge is 0.131 e. The minimum Gasteiger partial charge on any atom is -0.497 e. The van der Waals surface area contributed by atoms with E-state index in [2.05, 4.69) is 12.1 Å². The number of hydrogen-bond acceptors (Lipinski definition) is 1. The molecule has 2 heteroatoms. The molecule has 1 aromatic rings. The fourth-order valence-electron chi connectivity index (χ4n) is 1.92. The molecular weight excluding hydrogens is 162 g/mol. The van der Waals surface area contributed by atoms with Crippen molar-refractivity contribution in [3.8, 4) is 5.75 Å². The number of methoxy groups -OCH3 is 1. The van der Waals surface area contributed by atoms with Gasteiger partial charge in [-0.3, -0.25) is 0 Å². The summed E-state index contributed by atoms with van der Waals surface area (Å²) in [6.07, 6.45) is 2.72. The van der Waals surface area contributed by atoms with Crippen molar-refractivity contribution in [2.24, 2.45) is 0 Å². The average Bonchev–Trinajstić information content (AvgIpc) is 2.71. The fraction of sp³-hybridized carbons (Fsp3) is 0.455. The Morgan fingerprint density at radius 3 is 2.23 bits per heavy atom. The first kappa shape index (κ1) is 8.57. The Kier molecular flexibility index (Phi) is 2.50. The van der Waals surface area contributed by atoms with Gasteiger partial charge in [0, 0.05) is 25.0 Å². The first-order chi connectivity index (χ1) is 6.40. The van der Waals surface area contributed by atoms with Crippen LogP contribution in [0.15, 0.2) is 24.3 Å². The minimum atomic E-state index is 0.947. The molecule has 1 N–H and O–H groups in total. The molecule has 1 fully saturated rings. The zero-order chi connectivity index (χ0) is 9.10. The molecule has 0 aromatic heterocycles. The van der Waals surface area contributed by atoms with E-state index in [1.54, 1.807) is 12.0 Å². The molecule has 0 saturated carbocycles. The topological polar surface area (TPSA) is 13.7 Å². The predicted molar refractivity (Wildman–Crippen MR) is 52.6 cm³/mol. The van der Waals surface area contributed by atoms with E-state index in [1.807, 2.05) is 12.1 Å². The van der Waals surface area contributed by atoms with Crippen LogP contribution in [-0.2, 0) is 0 Å². The third-order valence-electron chi connectivity index (χ3n) is 2.71. The van der Waals surface area contributed by atoms with Crippen LogP contribution in [0.4, 0.5) is 5.69 Å². The summed E-state index contributed by atoms with van der Waals surface area (Å²) in [5.41, 5.74) is 1.40. The van der Waals surface area contributed by atoms with Gasteiger partial charge in [-0.25, -0.2) is 0 Å². The van der Waals surface area contributed by atoms with Crippen LogP contribution >= 0.6 is 0 Å². The second-order valence-corrected chi connectivity index (χ2v) is 3.54. The molecule has 1 aliphatic rings. The number of hydrogen-bond donors (Lipinski definition) is 1. The van der Waals surface area contributed by atoms with E-state index < -0.39 is 0 Å². The molecular formula is C11H16NO+. The molecule has 0 radical (unpaired) electrons. The van der Waals surface area contributed by atoms with Crippen molar-refractivity contribution in [1.82, 2.24) is 0 Å². The van der Waals surface area contributed by atoms with Gasteiger partial charge in [0.25, 0.3) is 0 Å². The molecule has 1 aromatic carbocycles. The lowest BCUT2D eigenvalue weighted by atomic mass is 10.3.